The summed E-state index contributed by atoms with van der Waals surface area (Å²) in [5.74, 6) is 0.721. The Bertz CT molecular complexity index is 620. The minimum atomic E-state index is -0.354. The second-order valence-corrected chi connectivity index (χ2v) is 4.09. The molecule has 21 heavy (non-hydrogen) atoms. The van der Waals surface area contributed by atoms with Crippen LogP contribution in [0, 0.1) is 0 Å². The van der Waals surface area contributed by atoms with E-state index >= 15 is 0 Å². The summed E-state index contributed by atoms with van der Waals surface area (Å²) >= 11 is 0. The van der Waals surface area contributed by atoms with E-state index in [1.165, 1.54) is 20.4 Å². The van der Waals surface area contributed by atoms with Crippen molar-refractivity contribution in [2.45, 2.75) is 0 Å². The van der Waals surface area contributed by atoms with Crippen LogP contribution in [0.5, 0.6) is 11.5 Å². The van der Waals surface area contributed by atoms with E-state index in [4.69, 9.17) is 9.47 Å². The van der Waals surface area contributed by atoms with Crippen LogP contribution in [0.1, 0.15) is 15.9 Å². The number of amides is 1. The first-order valence-electron chi connectivity index (χ1n) is 6.19. The van der Waals surface area contributed by atoms with Crippen LogP contribution in [-0.4, -0.2) is 31.3 Å². The third kappa shape index (κ3) is 4.04. The summed E-state index contributed by atoms with van der Waals surface area (Å²) in [5, 5.41) is 3.88. The molecular formula is C15H15N3O3. The molecule has 0 atom stereocenters. The van der Waals surface area contributed by atoms with Crippen molar-refractivity contribution in [2.24, 2.45) is 5.10 Å². The van der Waals surface area contributed by atoms with Crippen LogP contribution in [0.2, 0.25) is 0 Å². The molecule has 108 valence electrons. The third-order valence-corrected chi connectivity index (χ3v) is 2.68. The number of ether oxygens (including phenoxy) is 2. The monoisotopic (exact) mass is 285 g/mol. The molecule has 0 aliphatic heterocycles. The maximum absolute atomic E-state index is 12.0. The van der Waals surface area contributed by atoms with E-state index in [0.717, 1.165) is 5.56 Å². The van der Waals surface area contributed by atoms with E-state index in [0.29, 0.717) is 17.1 Å². The van der Waals surface area contributed by atoms with E-state index in [2.05, 4.69) is 15.5 Å². The van der Waals surface area contributed by atoms with Gasteiger partial charge in [-0.25, -0.2) is 5.43 Å². The fourth-order valence-corrected chi connectivity index (χ4v) is 1.62. The Morgan fingerprint density at radius 2 is 1.95 bits per heavy atom. The van der Waals surface area contributed by atoms with Crippen molar-refractivity contribution in [1.29, 1.82) is 0 Å². The van der Waals surface area contributed by atoms with Crippen LogP contribution < -0.4 is 14.9 Å². The van der Waals surface area contributed by atoms with E-state index in [1.54, 1.807) is 36.7 Å². The number of carbonyl (C=O) groups excluding carboxylic acids is 1. The van der Waals surface area contributed by atoms with Gasteiger partial charge in [0.15, 0.2) is 0 Å². The lowest BCUT2D eigenvalue weighted by Crippen LogP contribution is -2.17. The van der Waals surface area contributed by atoms with Gasteiger partial charge in [-0.1, -0.05) is 6.07 Å². The zero-order chi connectivity index (χ0) is 15.1. The van der Waals surface area contributed by atoms with Crippen molar-refractivity contribution in [2.75, 3.05) is 14.2 Å². The fourth-order valence-electron chi connectivity index (χ4n) is 1.62. The van der Waals surface area contributed by atoms with Crippen LogP contribution in [0.4, 0.5) is 0 Å². The fraction of sp³-hybridized carbons (Fsp3) is 0.133. The molecule has 1 N–H and O–H groups in total. The lowest BCUT2D eigenvalue weighted by atomic mass is 10.2. The molecule has 0 aliphatic rings. The number of rotatable bonds is 5. The molecule has 0 aliphatic carbocycles. The summed E-state index contributed by atoms with van der Waals surface area (Å²) in [5.41, 5.74) is 3.63. The highest BCUT2D eigenvalue weighted by Crippen LogP contribution is 2.22. The molecule has 0 radical (unpaired) electrons. The normalized spacial score (nSPS) is 10.4. The predicted octanol–water partition coefficient (Wildman–Crippen LogP) is 1.86. The topological polar surface area (TPSA) is 72.8 Å². The number of hydrogen-bond donors (Lipinski definition) is 1. The number of hydrazone groups is 1. The van der Waals surface area contributed by atoms with E-state index in [1.807, 2.05) is 6.07 Å². The molecule has 1 heterocycles. The summed E-state index contributed by atoms with van der Waals surface area (Å²) in [7, 11) is 3.05. The van der Waals surface area contributed by atoms with Crippen LogP contribution in [0.25, 0.3) is 0 Å². The average Bonchev–Trinajstić information content (AvgIpc) is 2.55. The summed E-state index contributed by atoms with van der Waals surface area (Å²) in [6.07, 6.45) is 4.82. The minimum absolute atomic E-state index is 0.354. The molecule has 6 nitrogen and oxygen atoms in total. The lowest BCUT2D eigenvalue weighted by Gasteiger charge is -2.07. The molecule has 0 saturated carbocycles. The Morgan fingerprint density at radius 1 is 1.24 bits per heavy atom. The minimum Gasteiger partial charge on any atom is -0.497 e. The molecule has 0 saturated heterocycles. The van der Waals surface area contributed by atoms with Gasteiger partial charge in [0.1, 0.15) is 11.5 Å². The van der Waals surface area contributed by atoms with Gasteiger partial charge >= 0.3 is 0 Å². The maximum Gasteiger partial charge on any atom is 0.271 e. The van der Waals surface area contributed by atoms with Crippen molar-refractivity contribution in [3.63, 3.8) is 0 Å². The van der Waals surface area contributed by atoms with Gasteiger partial charge in [0, 0.05) is 29.6 Å². The number of hydrogen-bond acceptors (Lipinski definition) is 5. The first kappa shape index (κ1) is 14.5. The smallest absolute Gasteiger partial charge is 0.271 e. The second-order valence-electron chi connectivity index (χ2n) is 4.09. The number of carbonyl (C=O) groups is 1. The van der Waals surface area contributed by atoms with Gasteiger partial charge in [0.25, 0.3) is 5.91 Å². The number of benzene rings is 1. The average molecular weight is 285 g/mol. The van der Waals surface area contributed by atoms with Crippen molar-refractivity contribution in [3.8, 4) is 11.5 Å². The molecule has 0 unspecified atom stereocenters. The molecule has 0 fully saturated rings. The Labute approximate surface area is 122 Å². The zero-order valence-corrected chi connectivity index (χ0v) is 11.7. The van der Waals surface area contributed by atoms with Gasteiger partial charge in [-0.05, 0) is 18.2 Å². The SMILES string of the molecule is COc1cc(OC)cc(C(=O)N/N=C\c2cccnc2)c1. The third-order valence-electron chi connectivity index (χ3n) is 2.68. The summed E-state index contributed by atoms with van der Waals surface area (Å²) in [6, 6.07) is 8.53. The van der Waals surface area contributed by atoms with Crippen molar-refractivity contribution in [3.05, 3.63) is 53.9 Å². The molecular weight excluding hydrogens is 270 g/mol. The molecule has 0 spiro atoms. The molecule has 6 heteroatoms. The van der Waals surface area contributed by atoms with E-state index < -0.39 is 0 Å². The highest BCUT2D eigenvalue weighted by Gasteiger charge is 2.08. The van der Waals surface area contributed by atoms with Gasteiger partial charge in [0.05, 0.1) is 20.4 Å². The van der Waals surface area contributed by atoms with Gasteiger partial charge in [-0.3, -0.25) is 9.78 Å². The second kappa shape index (κ2) is 7.04. The molecule has 2 aromatic rings. The summed E-state index contributed by atoms with van der Waals surface area (Å²) in [6.45, 7) is 0. The predicted molar refractivity (Wildman–Crippen MR) is 78.8 cm³/mol. The number of aromatic nitrogens is 1. The van der Waals surface area contributed by atoms with E-state index in [9.17, 15) is 4.79 Å². The van der Waals surface area contributed by atoms with Crippen molar-refractivity contribution in [1.82, 2.24) is 10.4 Å². The molecule has 1 amide bonds. The number of methoxy groups -OCH3 is 2. The number of pyridine rings is 1. The van der Waals surface area contributed by atoms with Gasteiger partial charge in [0.2, 0.25) is 0 Å². The maximum atomic E-state index is 12.0. The summed E-state index contributed by atoms with van der Waals surface area (Å²) < 4.78 is 10.2. The zero-order valence-electron chi connectivity index (χ0n) is 11.7. The van der Waals surface area contributed by atoms with Crippen LogP contribution in [0.15, 0.2) is 47.8 Å². The molecule has 1 aromatic carbocycles. The first-order valence-corrected chi connectivity index (χ1v) is 6.19. The highest BCUT2D eigenvalue weighted by molar-refractivity contribution is 5.95. The highest BCUT2D eigenvalue weighted by atomic mass is 16.5. The van der Waals surface area contributed by atoms with Crippen LogP contribution in [-0.2, 0) is 0 Å². The Kier molecular flexibility index (Phi) is 4.87. The molecule has 0 bridgehead atoms. The van der Waals surface area contributed by atoms with Crippen LogP contribution >= 0.6 is 0 Å². The number of nitrogens with one attached hydrogen (secondary N) is 1. The first-order chi connectivity index (χ1) is 10.2. The lowest BCUT2D eigenvalue weighted by molar-refractivity contribution is 0.0954. The van der Waals surface area contributed by atoms with E-state index in [-0.39, 0.29) is 5.91 Å². The van der Waals surface area contributed by atoms with Gasteiger partial charge in [-0.2, -0.15) is 5.10 Å². The van der Waals surface area contributed by atoms with Crippen molar-refractivity contribution >= 4 is 12.1 Å². The standard InChI is InChI=1S/C15H15N3O3/c1-20-13-6-12(7-14(8-13)21-2)15(19)18-17-10-11-4-3-5-16-9-11/h3-10H,1-2H3,(H,18,19)/b17-10-. The van der Waals surface area contributed by atoms with Crippen molar-refractivity contribution < 1.29 is 14.3 Å². The Morgan fingerprint density at radius 3 is 2.52 bits per heavy atom. The van der Waals surface area contributed by atoms with Gasteiger partial charge < -0.3 is 9.47 Å². The Balaban J connectivity index is 2.08. The molecule has 2 rings (SSSR count). The van der Waals surface area contributed by atoms with Gasteiger partial charge in [-0.15, -0.1) is 0 Å². The summed E-state index contributed by atoms with van der Waals surface area (Å²) in [4.78, 5) is 16.0. The largest absolute Gasteiger partial charge is 0.497 e. The number of nitrogens with zero attached hydrogens (tertiary/aromatic N) is 2. The Hall–Kier alpha value is -2.89. The van der Waals surface area contributed by atoms with Crippen LogP contribution in [0.3, 0.4) is 0 Å². The molecule has 1 aromatic heterocycles. The quantitative estimate of drug-likeness (QED) is 0.672.